The summed E-state index contributed by atoms with van der Waals surface area (Å²) in [7, 11) is 1.10. The average molecular weight is 470 g/mol. The van der Waals surface area contributed by atoms with Gasteiger partial charge in [0, 0.05) is 17.4 Å². The number of methoxy groups -OCH3 is 1. The van der Waals surface area contributed by atoms with Crippen LogP contribution in [0.2, 0.25) is 0 Å². The lowest BCUT2D eigenvalue weighted by atomic mass is 9.77. The number of aromatic amines is 1. The molecule has 3 heterocycles. The van der Waals surface area contributed by atoms with E-state index in [0.29, 0.717) is 5.52 Å². The number of amides is 1. The number of alkyl halides is 3. The second-order valence-electron chi connectivity index (χ2n) is 8.01. The van der Waals surface area contributed by atoms with Gasteiger partial charge in [0.2, 0.25) is 5.82 Å². The first-order valence-corrected chi connectivity index (χ1v) is 9.81. The highest BCUT2D eigenvalue weighted by atomic mass is 19.4. The number of pyridine rings is 1. The quantitative estimate of drug-likeness (QED) is 0.558. The summed E-state index contributed by atoms with van der Waals surface area (Å²) in [6.45, 7) is 2.21. The summed E-state index contributed by atoms with van der Waals surface area (Å²) in [4.78, 5) is 22.4. The Morgan fingerprint density at radius 1 is 1.30 bits per heavy atom. The fourth-order valence-electron chi connectivity index (χ4n) is 4.25. The van der Waals surface area contributed by atoms with Crippen LogP contribution >= 0.6 is 0 Å². The first kappa shape index (κ1) is 22.9. The SMILES string of the molecule is COc1c([C@@H]2[C@H](c3nc4cc(C(N)=O)ncc4[nH]3)O[C@@](C)(C(F)(F)F)[C@H]2C)ccc(F)c1F. The summed E-state index contributed by atoms with van der Waals surface area (Å²) in [5.74, 6) is -6.21. The number of benzene rings is 1. The van der Waals surface area contributed by atoms with Gasteiger partial charge in [0.25, 0.3) is 5.91 Å². The van der Waals surface area contributed by atoms with Gasteiger partial charge in [-0.25, -0.2) is 14.4 Å². The van der Waals surface area contributed by atoms with E-state index in [2.05, 4.69) is 15.0 Å². The van der Waals surface area contributed by atoms with Gasteiger partial charge in [0.05, 0.1) is 24.3 Å². The fraction of sp³-hybridized carbons (Fsp3) is 0.381. The number of ether oxygens (including phenoxy) is 2. The molecule has 4 atom stereocenters. The Morgan fingerprint density at radius 3 is 2.61 bits per heavy atom. The Hall–Kier alpha value is -3.28. The van der Waals surface area contributed by atoms with E-state index in [4.69, 9.17) is 15.2 Å². The molecule has 2 aromatic heterocycles. The monoisotopic (exact) mass is 470 g/mol. The number of aromatic nitrogens is 3. The van der Waals surface area contributed by atoms with E-state index in [1.165, 1.54) is 25.3 Å². The lowest BCUT2D eigenvalue weighted by Crippen LogP contribution is -2.46. The van der Waals surface area contributed by atoms with Crippen LogP contribution in [0.4, 0.5) is 22.0 Å². The molecule has 1 fully saturated rings. The molecule has 1 aliphatic heterocycles. The molecule has 0 spiro atoms. The van der Waals surface area contributed by atoms with Gasteiger partial charge in [-0.05, 0) is 19.1 Å². The predicted molar refractivity (Wildman–Crippen MR) is 106 cm³/mol. The summed E-state index contributed by atoms with van der Waals surface area (Å²) in [6.07, 6.45) is -4.85. The van der Waals surface area contributed by atoms with Crippen molar-refractivity contribution in [1.29, 1.82) is 0 Å². The van der Waals surface area contributed by atoms with Crippen LogP contribution in [-0.2, 0) is 4.74 Å². The van der Waals surface area contributed by atoms with Crippen LogP contribution in [0.5, 0.6) is 5.75 Å². The number of nitrogens with one attached hydrogen (secondary N) is 1. The van der Waals surface area contributed by atoms with Gasteiger partial charge in [-0.3, -0.25) is 4.79 Å². The van der Waals surface area contributed by atoms with Crippen LogP contribution in [0.3, 0.4) is 0 Å². The van der Waals surface area contributed by atoms with E-state index in [-0.39, 0.29) is 22.6 Å². The number of halogens is 5. The number of hydrogen-bond acceptors (Lipinski definition) is 5. The van der Waals surface area contributed by atoms with E-state index < -0.39 is 53.0 Å². The molecule has 1 aliphatic rings. The minimum Gasteiger partial charge on any atom is -0.493 e. The van der Waals surface area contributed by atoms with Crippen molar-refractivity contribution in [3.05, 3.63) is 53.1 Å². The Balaban J connectivity index is 1.91. The molecule has 4 rings (SSSR count). The Morgan fingerprint density at radius 2 is 2.00 bits per heavy atom. The van der Waals surface area contributed by atoms with Crippen molar-refractivity contribution in [2.75, 3.05) is 7.11 Å². The zero-order valence-corrected chi connectivity index (χ0v) is 17.6. The van der Waals surface area contributed by atoms with Crippen molar-refractivity contribution in [2.24, 2.45) is 11.7 Å². The fourth-order valence-corrected chi connectivity index (χ4v) is 4.25. The predicted octanol–water partition coefficient (Wildman–Crippen LogP) is 4.16. The number of H-pyrrole nitrogens is 1. The Bertz CT molecular complexity index is 1240. The molecule has 7 nitrogen and oxygen atoms in total. The van der Waals surface area contributed by atoms with Gasteiger partial charge in [-0.15, -0.1) is 0 Å². The molecular formula is C21H19F5N4O3. The summed E-state index contributed by atoms with van der Waals surface area (Å²) < 4.78 is 81.0. The van der Waals surface area contributed by atoms with Crippen LogP contribution < -0.4 is 10.5 Å². The molecular weight excluding hydrogens is 451 g/mol. The zero-order chi connectivity index (χ0) is 24.3. The van der Waals surface area contributed by atoms with Gasteiger partial charge in [0.15, 0.2) is 17.2 Å². The number of nitrogens with two attached hydrogens (primary N) is 1. The largest absolute Gasteiger partial charge is 0.493 e. The molecule has 0 saturated carbocycles. The van der Waals surface area contributed by atoms with E-state index in [1.807, 2.05) is 0 Å². The molecule has 176 valence electrons. The van der Waals surface area contributed by atoms with Crippen molar-refractivity contribution >= 4 is 16.9 Å². The van der Waals surface area contributed by atoms with Crippen LogP contribution in [-0.4, -0.2) is 39.7 Å². The van der Waals surface area contributed by atoms with Crippen LogP contribution in [0.1, 0.15) is 47.7 Å². The number of carbonyl (C=O) groups is 1. The smallest absolute Gasteiger partial charge is 0.417 e. The summed E-state index contributed by atoms with van der Waals surface area (Å²) in [6, 6.07) is 3.28. The number of primary amides is 1. The van der Waals surface area contributed by atoms with E-state index in [9.17, 15) is 26.7 Å². The third kappa shape index (κ3) is 3.48. The maximum atomic E-state index is 14.4. The zero-order valence-electron chi connectivity index (χ0n) is 17.6. The Kier molecular flexibility index (Phi) is 5.31. The molecule has 1 aromatic carbocycles. The summed E-state index contributed by atoms with van der Waals surface area (Å²) >= 11 is 0. The number of carbonyl (C=O) groups excluding carboxylic acids is 1. The highest BCUT2D eigenvalue weighted by molar-refractivity contribution is 5.93. The molecule has 3 aromatic rings. The van der Waals surface area contributed by atoms with E-state index in [0.717, 1.165) is 20.1 Å². The molecule has 3 N–H and O–H groups in total. The third-order valence-electron chi connectivity index (χ3n) is 6.22. The number of nitrogens with zero attached hydrogens (tertiary/aromatic N) is 2. The van der Waals surface area contributed by atoms with Crippen LogP contribution in [0, 0.1) is 17.6 Å². The van der Waals surface area contributed by atoms with Crippen LogP contribution in [0.25, 0.3) is 11.0 Å². The van der Waals surface area contributed by atoms with E-state index >= 15 is 0 Å². The summed E-state index contributed by atoms with van der Waals surface area (Å²) in [5, 5.41) is 0. The molecule has 0 bridgehead atoms. The van der Waals surface area contributed by atoms with Gasteiger partial charge < -0.3 is 20.2 Å². The van der Waals surface area contributed by atoms with Gasteiger partial charge in [-0.2, -0.15) is 17.6 Å². The maximum Gasteiger partial charge on any atom is 0.417 e. The molecule has 0 unspecified atom stereocenters. The topological polar surface area (TPSA) is 103 Å². The van der Waals surface area contributed by atoms with Crippen molar-refractivity contribution in [2.45, 2.75) is 37.6 Å². The third-order valence-corrected chi connectivity index (χ3v) is 6.22. The van der Waals surface area contributed by atoms with Crippen molar-refractivity contribution < 1.29 is 36.2 Å². The lowest BCUT2D eigenvalue weighted by Gasteiger charge is -2.32. The van der Waals surface area contributed by atoms with Crippen molar-refractivity contribution in [3.8, 4) is 5.75 Å². The van der Waals surface area contributed by atoms with Gasteiger partial charge in [-0.1, -0.05) is 13.0 Å². The standard InChI is InChI=1S/C21H19F5N4O3/c1-8-14(9-4-5-10(22)15(23)16(9)32-3)17(33-20(8,2)21(24,25)26)19-29-11-6-12(18(27)31)28-7-13(11)30-19/h4-8,14,17H,1-3H3,(H2,27,31)(H,29,30)/t8-,14+,17+,20+/m0/s1. The molecule has 0 radical (unpaired) electrons. The molecule has 1 saturated heterocycles. The van der Waals surface area contributed by atoms with Crippen molar-refractivity contribution in [3.63, 3.8) is 0 Å². The highest BCUT2D eigenvalue weighted by Gasteiger charge is 2.65. The molecule has 0 aliphatic carbocycles. The van der Waals surface area contributed by atoms with Crippen molar-refractivity contribution in [1.82, 2.24) is 15.0 Å². The van der Waals surface area contributed by atoms with Crippen LogP contribution in [0.15, 0.2) is 24.4 Å². The normalized spacial score (nSPS) is 25.5. The summed E-state index contributed by atoms with van der Waals surface area (Å²) in [5.41, 5.74) is 3.05. The molecule has 12 heteroatoms. The first-order valence-electron chi connectivity index (χ1n) is 9.81. The number of hydrogen-bond donors (Lipinski definition) is 2. The molecule has 1 amide bonds. The average Bonchev–Trinajstić information content (AvgIpc) is 3.28. The highest BCUT2D eigenvalue weighted by Crippen LogP contribution is 2.59. The Labute approximate surface area is 184 Å². The molecule has 33 heavy (non-hydrogen) atoms. The number of fused-ring (bicyclic) bond motifs is 1. The first-order chi connectivity index (χ1) is 15.4. The minimum absolute atomic E-state index is 0.00159. The van der Waals surface area contributed by atoms with E-state index in [1.54, 1.807) is 0 Å². The maximum absolute atomic E-state index is 14.4. The van der Waals surface area contributed by atoms with Gasteiger partial charge in [0.1, 0.15) is 17.6 Å². The number of rotatable bonds is 4. The number of imidazole rings is 1. The second kappa shape index (κ2) is 7.65. The van der Waals surface area contributed by atoms with Gasteiger partial charge >= 0.3 is 6.18 Å². The second-order valence-corrected chi connectivity index (χ2v) is 8.01. The lowest BCUT2D eigenvalue weighted by molar-refractivity contribution is -0.275. The minimum atomic E-state index is -4.78.